The third-order valence-electron chi connectivity index (χ3n) is 4.49. The zero-order valence-corrected chi connectivity index (χ0v) is 14.7. The molecule has 2 rings (SSSR count). The summed E-state index contributed by atoms with van der Waals surface area (Å²) in [4.78, 5) is 14.6. The number of ketones is 1. The lowest BCUT2D eigenvalue weighted by Crippen LogP contribution is -2.40. The zero-order chi connectivity index (χ0) is 19.5. The summed E-state index contributed by atoms with van der Waals surface area (Å²) in [6.07, 6.45) is -4.16. The van der Waals surface area contributed by atoms with Gasteiger partial charge in [0.2, 0.25) is 0 Å². The van der Waals surface area contributed by atoms with E-state index in [0.717, 1.165) is 12.1 Å². The molecule has 8 heteroatoms. The maximum atomic E-state index is 14.1. The van der Waals surface area contributed by atoms with Crippen LogP contribution in [0.1, 0.15) is 38.2 Å². The number of nitrogens with zero attached hydrogens (tertiary/aromatic N) is 1. The van der Waals surface area contributed by atoms with Crippen molar-refractivity contribution in [1.82, 2.24) is 4.90 Å². The second-order valence-electron chi connectivity index (χ2n) is 6.88. The monoisotopic (exact) mass is 377 g/mol. The lowest BCUT2D eigenvalue weighted by Gasteiger charge is -2.32. The molecular weight excluding hydrogens is 354 g/mol. The number of rotatable bonds is 6. The molecule has 4 nitrogen and oxygen atoms in total. The van der Waals surface area contributed by atoms with E-state index in [1.165, 1.54) is 6.07 Å². The average Bonchev–Trinajstić information content (AvgIpc) is 2.54. The van der Waals surface area contributed by atoms with Gasteiger partial charge in [-0.25, -0.2) is 4.39 Å². The number of piperidine rings is 1. The molecule has 0 unspecified atom stereocenters. The molecule has 0 spiro atoms. The summed E-state index contributed by atoms with van der Waals surface area (Å²) in [7, 11) is 0. The Morgan fingerprint density at radius 1 is 1.31 bits per heavy atom. The first-order valence-corrected chi connectivity index (χ1v) is 8.56. The van der Waals surface area contributed by atoms with Crippen LogP contribution in [0, 0.1) is 11.7 Å². The number of ether oxygens (including phenoxy) is 1. The van der Waals surface area contributed by atoms with Gasteiger partial charge in [0.25, 0.3) is 0 Å². The molecular formula is C18H23F4NO3. The molecule has 26 heavy (non-hydrogen) atoms. The minimum Gasteiger partial charge on any atom is -0.403 e. The number of hydrogen-bond donors (Lipinski definition) is 1. The van der Waals surface area contributed by atoms with Crippen LogP contribution >= 0.6 is 0 Å². The van der Waals surface area contributed by atoms with E-state index in [-0.39, 0.29) is 17.8 Å². The number of carbonyl (C=O) groups excluding carboxylic acids is 1. The first-order valence-electron chi connectivity index (χ1n) is 8.56. The van der Waals surface area contributed by atoms with Crippen LogP contribution in [0.2, 0.25) is 0 Å². The van der Waals surface area contributed by atoms with Gasteiger partial charge in [-0.05, 0) is 30.5 Å². The molecule has 0 aromatic heterocycles. The van der Waals surface area contributed by atoms with Gasteiger partial charge in [-0.1, -0.05) is 19.9 Å². The standard InChI is InChI=1S/C18H23F4NO3/c1-11(2)17(25)14(10-23-7-5-13(24)6-8-23)12-3-4-16(15(19)9-12)26-18(20,21)22/h3-4,9,11,13-14,24H,5-8,10H2,1-2H3/t14-/m0/s1. The first-order chi connectivity index (χ1) is 12.1. The predicted octanol–water partition coefficient (Wildman–Crippen LogP) is 3.49. The predicted molar refractivity (Wildman–Crippen MR) is 87.3 cm³/mol. The molecule has 1 aliphatic heterocycles. The van der Waals surface area contributed by atoms with Crippen molar-refractivity contribution in [2.75, 3.05) is 19.6 Å². The van der Waals surface area contributed by atoms with Gasteiger partial charge in [-0.15, -0.1) is 13.2 Å². The Hall–Kier alpha value is -1.67. The van der Waals surface area contributed by atoms with E-state index in [0.29, 0.717) is 38.0 Å². The van der Waals surface area contributed by atoms with Crippen molar-refractivity contribution in [3.8, 4) is 5.75 Å². The van der Waals surface area contributed by atoms with Crippen LogP contribution in [0.25, 0.3) is 0 Å². The Bertz CT molecular complexity index is 625. The number of Topliss-reactive ketones (excluding diaryl/α,β-unsaturated/α-hetero) is 1. The number of alkyl halides is 3. The van der Waals surface area contributed by atoms with Gasteiger partial charge in [0.1, 0.15) is 5.78 Å². The summed E-state index contributed by atoms with van der Waals surface area (Å²) in [5.41, 5.74) is 0.321. The molecule has 1 aliphatic rings. The lowest BCUT2D eigenvalue weighted by atomic mass is 9.87. The topological polar surface area (TPSA) is 49.8 Å². The van der Waals surface area contributed by atoms with Crippen molar-refractivity contribution in [3.05, 3.63) is 29.6 Å². The Labute approximate surface area is 149 Å². The summed E-state index contributed by atoms with van der Waals surface area (Å²) < 4.78 is 54.5. The van der Waals surface area contributed by atoms with E-state index in [4.69, 9.17) is 0 Å². The van der Waals surface area contributed by atoms with Crippen LogP contribution in [-0.4, -0.2) is 47.9 Å². The van der Waals surface area contributed by atoms with E-state index in [2.05, 4.69) is 4.74 Å². The largest absolute Gasteiger partial charge is 0.573 e. The number of benzene rings is 1. The van der Waals surface area contributed by atoms with Crippen molar-refractivity contribution in [3.63, 3.8) is 0 Å². The molecule has 1 aromatic carbocycles. The van der Waals surface area contributed by atoms with Crippen LogP contribution in [-0.2, 0) is 4.79 Å². The summed E-state index contributed by atoms with van der Waals surface area (Å²) in [6, 6.07) is 3.14. The van der Waals surface area contributed by atoms with E-state index >= 15 is 0 Å². The minimum atomic E-state index is -4.98. The maximum absolute atomic E-state index is 14.1. The Morgan fingerprint density at radius 2 is 1.92 bits per heavy atom. The number of hydrogen-bond acceptors (Lipinski definition) is 4. The van der Waals surface area contributed by atoms with Crippen LogP contribution in [0.15, 0.2) is 18.2 Å². The van der Waals surface area contributed by atoms with Crippen molar-refractivity contribution in [2.24, 2.45) is 5.92 Å². The molecule has 1 N–H and O–H groups in total. The van der Waals surface area contributed by atoms with Crippen LogP contribution < -0.4 is 4.74 Å². The Morgan fingerprint density at radius 3 is 2.42 bits per heavy atom. The van der Waals surface area contributed by atoms with E-state index in [1.807, 2.05) is 4.90 Å². The molecule has 0 aliphatic carbocycles. The number of aliphatic hydroxyl groups is 1. The molecule has 0 radical (unpaired) electrons. The van der Waals surface area contributed by atoms with Crippen LogP contribution in [0.5, 0.6) is 5.75 Å². The number of likely N-dealkylation sites (tertiary alicyclic amines) is 1. The van der Waals surface area contributed by atoms with E-state index < -0.39 is 23.8 Å². The van der Waals surface area contributed by atoms with Gasteiger partial charge in [0.05, 0.1) is 12.0 Å². The number of aliphatic hydroxyl groups excluding tert-OH is 1. The zero-order valence-electron chi connectivity index (χ0n) is 14.7. The highest BCUT2D eigenvalue weighted by Gasteiger charge is 2.33. The summed E-state index contributed by atoms with van der Waals surface area (Å²) in [6.45, 7) is 5.02. The molecule has 0 bridgehead atoms. The number of carbonyl (C=O) groups is 1. The van der Waals surface area contributed by atoms with Gasteiger partial charge >= 0.3 is 6.36 Å². The summed E-state index contributed by atoms with van der Waals surface area (Å²) >= 11 is 0. The van der Waals surface area contributed by atoms with Gasteiger partial charge in [-0.2, -0.15) is 0 Å². The number of halogens is 4. The quantitative estimate of drug-likeness (QED) is 0.771. The van der Waals surface area contributed by atoms with Crippen molar-refractivity contribution in [2.45, 2.75) is 45.1 Å². The molecule has 1 aromatic rings. The fourth-order valence-corrected chi connectivity index (χ4v) is 3.06. The normalized spacial score (nSPS) is 18.2. The van der Waals surface area contributed by atoms with E-state index in [1.54, 1.807) is 13.8 Å². The maximum Gasteiger partial charge on any atom is 0.573 e. The molecule has 146 valence electrons. The fourth-order valence-electron chi connectivity index (χ4n) is 3.06. The van der Waals surface area contributed by atoms with E-state index in [9.17, 15) is 27.5 Å². The highest BCUT2D eigenvalue weighted by Crippen LogP contribution is 2.30. The Kier molecular flexibility index (Phi) is 6.63. The van der Waals surface area contributed by atoms with Crippen molar-refractivity contribution >= 4 is 5.78 Å². The molecule has 1 atom stereocenters. The van der Waals surface area contributed by atoms with Gasteiger partial charge in [-0.3, -0.25) is 4.79 Å². The molecule has 1 fully saturated rings. The average molecular weight is 377 g/mol. The van der Waals surface area contributed by atoms with Gasteiger partial charge in [0, 0.05) is 25.6 Å². The van der Waals surface area contributed by atoms with Crippen molar-refractivity contribution < 1.29 is 32.2 Å². The SMILES string of the molecule is CC(C)C(=O)[C@@H](CN1CCC(O)CC1)c1ccc(OC(F)(F)F)c(F)c1. The van der Waals surface area contributed by atoms with Crippen LogP contribution in [0.4, 0.5) is 17.6 Å². The minimum absolute atomic E-state index is 0.111. The highest BCUT2D eigenvalue weighted by atomic mass is 19.4. The highest BCUT2D eigenvalue weighted by molar-refractivity contribution is 5.87. The second kappa shape index (κ2) is 8.35. The lowest BCUT2D eigenvalue weighted by molar-refractivity contribution is -0.275. The molecule has 0 saturated carbocycles. The third-order valence-corrected chi connectivity index (χ3v) is 4.49. The summed E-state index contributed by atoms with van der Waals surface area (Å²) in [5, 5.41) is 9.59. The molecule has 1 saturated heterocycles. The van der Waals surface area contributed by atoms with Gasteiger partial charge in [0.15, 0.2) is 11.6 Å². The van der Waals surface area contributed by atoms with Gasteiger partial charge < -0.3 is 14.7 Å². The molecule has 0 amide bonds. The third kappa shape index (κ3) is 5.67. The first kappa shape index (κ1) is 20.6. The summed E-state index contributed by atoms with van der Waals surface area (Å²) in [5.74, 6) is -3.14. The fraction of sp³-hybridized carbons (Fsp3) is 0.611. The Balaban J connectivity index is 2.22. The van der Waals surface area contributed by atoms with Crippen molar-refractivity contribution in [1.29, 1.82) is 0 Å². The smallest absolute Gasteiger partial charge is 0.403 e. The molecule has 1 heterocycles. The van der Waals surface area contributed by atoms with Crippen LogP contribution in [0.3, 0.4) is 0 Å². The second-order valence-corrected chi connectivity index (χ2v) is 6.88.